The highest BCUT2D eigenvalue weighted by Crippen LogP contribution is 2.29. The molecule has 108 valence electrons. The molecule has 0 aliphatic rings. The smallest absolute Gasteiger partial charge is 0.313 e. The molecule has 1 aromatic carbocycles. The minimum absolute atomic E-state index is 0.0697. The summed E-state index contributed by atoms with van der Waals surface area (Å²) in [6.07, 6.45) is 1.49. The van der Waals surface area contributed by atoms with E-state index in [9.17, 15) is 4.79 Å². The molecule has 3 rings (SSSR count). The van der Waals surface area contributed by atoms with Crippen LogP contribution in [-0.2, 0) is 11.3 Å². The molecule has 0 aliphatic heterocycles. The maximum absolute atomic E-state index is 10.8. The summed E-state index contributed by atoms with van der Waals surface area (Å²) in [5.41, 5.74) is 2.21. The highest BCUT2D eigenvalue weighted by molar-refractivity contribution is 7.99. The highest BCUT2D eigenvalue weighted by Gasteiger charge is 2.15. The number of thioether (sulfide) groups is 1. The van der Waals surface area contributed by atoms with Gasteiger partial charge in [-0.15, -0.1) is 0 Å². The van der Waals surface area contributed by atoms with Gasteiger partial charge in [-0.05, 0) is 12.1 Å². The Hall–Kier alpha value is -1.99. The van der Waals surface area contributed by atoms with Crippen LogP contribution in [0.1, 0.15) is 5.69 Å². The van der Waals surface area contributed by atoms with E-state index in [4.69, 9.17) is 21.2 Å². The fourth-order valence-corrected chi connectivity index (χ4v) is 2.90. The zero-order valence-corrected chi connectivity index (χ0v) is 12.3. The largest absolute Gasteiger partial charge is 0.481 e. The summed E-state index contributed by atoms with van der Waals surface area (Å²) in [6.45, 7) is 0.440. The molecule has 0 saturated heterocycles. The summed E-state index contributed by atoms with van der Waals surface area (Å²) in [7, 11) is 0. The van der Waals surface area contributed by atoms with Gasteiger partial charge in [0.2, 0.25) is 0 Å². The maximum atomic E-state index is 10.8. The van der Waals surface area contributed by atoms with Crippen LogP contribution in [0.2, 0.25) is 5.02 Å². The standard InChI is InChI=1S/C13H10ClN3O3S/c14-9-2-1-3-10-12(9)15-13(21-7-11(18)19)17(10)6-8-4-5-20-16-8/h1-5H,6-7H2,(H,18,19). The summed E-state index contributed by atoms with van der Waals surface area (Å²) in [5.74, 6) is -0.967. The van der Waals surface area contributed by atoms with Crippen LogP contribution in [0.5, 0.6) is 0 Å². The molecule has 21 heavy (non-hydrogen) atoms. The Bertz CT molecular complexity index is 785. The molecular formula is C13H10ClN3O3S. The van der Waals surface area contributed by atoms with Gasteiger partial charge in [0.25, 0.3) is 0 Å². The first-order valence-electron chi connectivity index (χ1n) is 6.04. The van der Waals surface area contributed by atoms with Crippen LogP contribution in [0.3, 0.4) is 0 Å². The van der Waals surface area contributed by atoms with Crippen molar-refractivity contribution in [2.24, 2.45) is 0 Å². The zero-order chi connectivity index (χ0) is 14.8. The van der Waals surface area contributed by atoms with E-state index in [1.54, 1.807) is 12.1 Å². The first kappa shape index (κ1) is 14.0. The third-order valence-corrected chi connectivity index (χ3v) is 4.10. The predicted molar refractivity (Wildman–Crippen MR) is 78.7 cm³/mol. The molecule has 1 N–H and O–H groups in total. The molecule has 0 saturated carbocycles. The zero-order valence-electron chi connectivity index (χ0n) is 10.7. The van der Waals surface area contributed by atoms with Crippen LogP contribution in [0, 0.1) is 0 Å². The average molecular weight is 324 g/mol. The SMILES string of the molecule is O=C(O)CSc1nc2c(Cl)cccc2n1Cc1ccon1. The number of benzene rings is 1. The second-order valence-electron chi connectivity index (χ2n) is 4.26. The first-order valence-corrected chi connectivity index (χ1v) is 7.40. The summed E-state index contributed by atoms with van der Waals surface area (Å²) < 4.78 is 6.71. The van der Waals surface area contributed by atoms with Gasteiger partial charge in [0, 0.05) is 6.07 Å². The third-order valence-electron chi connectivity index (χ3n) is 2.83. The number of carboxylic acids is 1. The van der Waals surface area contributed by atoms with Gasteiger partial charge in [-0.2, -0.15) is 0 Å². The van der Waals surface area contributed by atoms with E-state index in [-0.39, 0.29) is 5.75 Å². The molecule has 2 aromatic heterocycles. The number of fused-ring (bicyclic) bond motifs is 1. The molecule has 0 unspecified atom stereocenters. The molecule has 6 nitrogen and oxygen atoms in total. The molecule has 0 spiro atoms. The van der Waals surface area contributed by atoms with Gasteiger partial charge in [0.05, 0.1) is 22.8 Å². The van der Waals surface area contributed by atoms with Crippen molar-refractivity contribution in [3.8, 4) is 0 Å². The van der Waals surface area contributed by atoms with Crippen molar-refractivity contribution in [2.75, 3.05) is 5.75 Å². The van der Waals surface area contributed by atoms with Gasteiger partial charge in [-0.3, -0.25) is 4.79 Å². The number of aromatic nitrogens is 3. The summed E-state index contributed by atoms with van der Waals surface area (Å²) >= 11 is 7.30. The Morgan fingerprint density at radius 1 is 1.43 bits per heavy atom. The monoisotopic (exact) mass is 323 g/mol. The molecule has 0 aliphatic carbocycles. The van der Waals surface area contributed by atoms with Crippen LogP contribution < -0.4 is 0 Å². The lowest BCUT2D eigenvalue weighted by atomic mass is 10.3. The fourth-order valence-electron chi connectivity index (χ4n) is 1.96. The van der Waals surface area contributed by atoms with Crippen molar-refractivity contribution in [1.29, 1.82) is 0 Å². The molecule has 0 bridgehead atoms. The first-order chi connectivity index (χ1) is 10.1. The average Bonchev–Trinajstić information content (AvgIpc) is 3.07. The molecule has 3 aromatic rings. The van der Waals surface area contributed by atoms with Crippen LogP contribution in [0.25, 0.3) is 11.0 Å². The van der Waals surface area contributed by atoms with E-state index in [1.165, 1.54) is 6.26 Å². The molecule has 0 fully saturated rings. The molecule has 0 radical (unpaired) electrons. The summed E-state index contributed by atoms with van der Waals surface area (Å²) in [4.78, 5) is 15.2. The van der Waals surface area contributed by atoms with Gasteiger partial charge >= 0.3 is 5.97 Å². The minimum Gasteiger partial charge on any atom is -0.481 e. The maximum Gasteiger partial charge on any atom is 0.313 e. The van der Waals surface area contributed by atoms with E-state index in [1.807, 2.05) is 16.7 Å². The van der Waals surface area contributed by atoms with Crippen molar-refractivity contribution < 1.29 is 14.4 Å². The van der Waals surface area contributed by atoms with Crippen molar-refractivity contribution in [2.45, 2.75) is 11.7 Å². The van der Waals surface area contributed by atoms with E-state index >= 15 is 0 Å². The lowest BCUT2D eigenvalue weighted by Gasteiger charge is -2.05. The quantitative estimate of drug-likeness (QED) is 0.727. The number of hydrogen-bond acceptors (Lipinski definition) is 5. The number of halogens is 1. The number of para-hydroxylation sites is 1. The summed E-state index contributed by atoms with van der Waals surface area (Å²) in [5, 5.41) is 13.8. The van der Waals surface area contributed by atoms with Gasteiger partial charge in [0.1, 0.15) is 17.5 Å². The van der Waals surface area contributed by atoms with Crippen LogP contribution >= 0.6 is 23.4 Å². The van der Waals surface area contributed by atoms with Gasteiger partial charge in [0.15, 0.2) is 5.16 Å². The number of aliphatic carboxylic acids is 1. The number of rotatable bonds is 5. The minimum atomic E-state index is -0.897. The van der Waals surface area contributed by atoms with Gasteiger partial charge < -0.3 is 14.2 Å². The number of imidazole rings is 1. The Balaban J connectivity index is 2.06. The van der Waals surface area contributed by atoms with E-state index in [2.05, 4.69) is 10.1 Å². The highest BCUT2D eigenvalue weighted by atomic mass is 35.5. The number of nitrogens with zero attached hydrogens (tertiary/aromatic N) is 3. The van der Waals surface area contributed by atoms with E-state index in [0.717, 1.165) is 23.0 Å². The Labute approximate surface area is 128 Å². The van der Waals surface area contributed by atoms with Crippen LogP contribution in [-0.4, -0.2) is 31.5 Å². The Morgan fingerprint density at radius 2 is 2.29 bits per heavy atom. The van der Waals surface area contributed by atoms with Crippen molar-refractivity contribution in [3.63, 3.8) is 0 Å². The second kappa shape index (κ2) is 5.79. The van der Waals surface area contributed by atoms with Gasteiger partial charge in [-0.25, -0.2) is 4.98 Å². The normalized spacial score (nSPS) is 11.1. The van der Waals surface area contributed by atoms with E-state index in [0.29, 0.717) is 22.2 Å². The van der Waals surface area contributed by atoms with Crippen LogP contribution in [0.4, 0.5) is 0 Å². The third kappa shape index (κ3) is 2.88. The molecule has 0 amide bonds. The number of hydrogen-bond donors (Lipinski definition) is 1. The van der Waals surface area contributed by atoms with Crippen molar-refractivity contribution in [1.82, 2.24) is 14.7 Å². The molecule has 2 heterocycles. The Kier molecular flexibility index (Phi) is 3.85. The molecule has 0 atom stereocenters. The summed E-state index contributed by atoms with van der Waals surface area (Å²) in [6, 6.07) is 7.22. The number of carboxylic acid groups (broad SMARTS) is 1. The topological polar surface area (TPSA) is 81.1 Å². The Morgan fingerprint density at radius 3 is 3.00 bits per heavy atom. The fraction of sp³-hybridized carbons (Fsp3) is 0.154. The lowest BCUT2D eigenvalue weighted by Crippen LogP contribution is -2.04. The van der Waals surface area contributed by atoms with Gasteiger partial charge in [-0.1, -0.05) is 34.6 Å². The number of carbonyl (C=O) groups is 1. The predicted octanol–water partition coefficient (Wildman–Crippen LogP) is 2.90. The lowest BCUT2D eigenvalue weighted by molar-refractivity contribution is -0.133. The van der Waals surface area contributed by atoms with Crippen LogP contribution in [0.15, 0.2) is 40.2 Å². The van der Waals surface area contributed by atoms with Crippen molar-refractivity contribution in [3.05, 3.63) is 41.2 Å². The van der Waals surface area contributed by atoms with E-state index < -0.39 is 5.97 Å². The van der Waals surface area contributed by atoms with Crippen molar-refractivity contribution >= 4 is 40.4 Å². The second-order valence-corrected chi connectivity index (χ2v) is 5.61. The molecule has 8 heteroatoms. The molecular weight excluding hydrogens is 314 g/mol.